The van der Waals surface area contributed by atoms with Gasteiger partial charge in [0, 0.05) is 31.8 Å². The molecule has 0 aromatic carbocycles. The maximum absolute atomic E-state index is 5.90. The molecule has 0 spiro atoms. The normalized spacial score (nSPS) is 23.8. The second-order valence-electron chi connectivity index (χ2n) is 6.60. The summed E-state index contributed by atoms with van der Waals surface area (Å²) in [6, 6.07) is 4.10. The third-order valence-electron chi connectivity index (χ3n) is 3.88. The van der Waals surface area contributed by atoms with Crippen molar-refractivity contribution in [2.45, 2.75) is 46.8 Å². The Bertz CT molecular complexity index is 411. The molecule has 0 bridgehead atoms. The molecule has 2 heterocycles. The number of ether oxygens (including phenoxy) is 1. The first kappa shape index (κ1) is 14.5. The van der Waals surface area contributed by atoms with Crippen LogP contribution in [-0.4, -0.2) is 24.2 Å². The van der Waals surface area contributed by atoms with Crippen LogP contribution in [0.25, 0.3) is 0 Å². The van der Waals surface area contributed by atoms with Gasteiger partial charge >= 0.3 is 0 Å². The van der Waals surface area contributed by atoms with Crippen molar-refractivity contribution in [1.29, 1.82) is 0 Å². The van der Waals surface area contributed by atoms with Crippen LogP contribution in [0.4, 0.5) is 0 Å². The molecule has 3 nitrogen and oxygen atoms in total. The third kappa shape index (κ3) is 3.77. The molecule has 2 rings (SSSR count). The Morgan fingerprint density at radius 3 is 2.89 bits per heavy atom. The quantitative estimate of drug-likeness (QED) is 0.906. The molecule has 1 saturated heterocycles. The minimum Gasteiger partial charge on any atom is -0.377 e. The average Bonchev–Trinajstić information content (AvgIpc) is 2.80. The highest BCUT2D eigenvalue weighted by atomic mass is 16.5. The van der Waals surface area contributed by atoms with Crippen molar-refractivity contribution in [2.24, 2.45) is 11.3 Å². The lowest BCUT2D eigenvalue weighted by Crippen LogP contribution is -2.36. The molecule has 106 valence electrons. The van der Waals surface area contributed by atoms with Gasteiger partial charge < -0.3 is 10.1 Å². The standard InChI is InChI=1S/C16H26N2O/c1-12-6-5-8-18-14(12)11-17-10-13-7-9-19-15(13)16(2,3)4/h5-6,8,13,15,17H,7,9-11H2,1-4H3/t13-,15+/m1/s1. The fraction of sp³-hybridized carbons (Fsp3) is 0.688. The van der Waals surface area contributed by atoms with Crippen molar-refractivity contribution in [3.63, 3.8) is 0 Å². The zero-order valence-electron chi connectivity index (χ0n) is 12.6. The summed E-state index contributed by atoms with van der Waals surface area (Å²) in [6.45, 7) is 11.7. The van der Waals surface area contributed by atoms with Gasteiger partial charge in [-0.1, -0.05) is 26.8 Å². The van der Waals surface area contributed by atoms with Gasteiger partial charge in [-0.2, -0.15) is 0 Å². The van der Waals surface area contributed by atoms with Crippen LogP contribution in [0.2, 0.25) is 0 Å². The molecule has 1 aromatic heterocycles. The van der Waals surface area contributed by atoms with Crippen LogP contribution in [0.1, 0.15) is 38.4 Å². The number of nitrogens with zero attached hydrogens (tertiary/aromatic N) is 1. The van der Waals surface area contributed by atoms with Crippen molar-refractivity contribution in [3.8, 4) is 0 Å². The topological polar surface area (TPSA) is 34.2 Å². The van der Waals surface area contributed by atoms with E-state index in [1.165, 1.54) is 5.56 Å². The van der Waals surface area contributed by atoms with Crippen molar-refractivity contribution in [1.82, 2.24) is 10.3 Å². The number of pyridine rings is 1. The fourth-order valence-electron chi connectivity index (χ4n) is 2.88. The summed E-state index contributed by atoms with van der Waals surface area (Å²) in [4.78, 5) is 4.42. The highest BCUT2D eigenvalue weighted by molar-refractivity contribution is 5.17. The first-order valence-corrected chi connectivity index (χ1v) is 7.21. The van der Waals surface area contributed by atoms with Crippen LogP contribution in [0.3, 0.4) is 0 Å². The number of aryl methyl sites for hydroxylation is 1. The smallest absolute Gasteiger partial charge is 0.0664 e. The molecule has 0 amide bonds. The molecule has 0 aliphatic carbocycles. The average molecular weight is 262 g/mol. The lowest BCUT2D eigenvalue weighted by Gasteiger charge is -2.31. The lowest BCUT2D eigenvalue weighted by molar-refractivity contribution is 0.00719. The van der Waals surface area contributed by atoms with Crippen LogP contribution in [-0.2, 0) is 11.3 Å². The van der Waals surface area contributed by atoms with Crippen molar-refractivity contribution < 1.29 is 4.74 Å². The van der Waals surface area contributed by atoms with E-state index in [4.69, 9.17) is 4.74 Å². The molecule has 1 aromatic rings. The number of nitrogens with one attached hydrogen (secondary N) is 1. The molecule has 1 N–H and O–H groups in total. The summed E-state index contributed by atoms with van der Waals surface area (Å²) >= 11 is 0. The molecule has 1 aliphatic heterocycles. The van der Waals surface area contributed by atoms with Gasteiger partial charge in [-0.05, 0) is 30.4 Å². The van der Waals surface area contributed by atoms with Crippen LogP contribution >= 0.6 is 0 Å². The highest BCUT2D eigenvalue weighted by Gasteiger charge is 2.36. The Balaban J connectivity index is 1.84. The summed E-state index contributed by atoms with van der Waals surface area (Å²) in [7, 11) is 0. The number of hydrogen-bond donors (Lipinski definition) is 1. The second-order valence-corrected chi connectivity index (χ2v) is 6.60. The van der Waals surface area contributed by atoms with Gasteiger partial charge in [0.2, 0.25) is 0 Å². The zero-order chi connectivity index (χ0) is 13.9. The van der Waals surface area contributed by atoms with Gasteiger partial charge in [0.25, 0.3) is 0 Å². The summed E-state index contributed by atoms with van der Waals surface area (Å²) in [6.07, 6.45) is 3.39. The maximum atomic E-state index is 5.90. The van der Waals surface area contributed by atoms with Crippen LogP contribution in [0.5, 0.6) is 0 Å². The van der Waals surface area contributed by atoms with Gasteiger partial charge in [-0.3, -0.25) is 4.98 Å². The van der Waals surface area contributed by atoms with E-state index in [-0.39, 0.29) is 5.41 Å². The fourth-order valence-corrected chi connectivity index (χ4v) is 2.88. The second kappa shape index (κ2) is 6.02. The Labute approximate surface area is 116 Å². The minimum atomic E-state index is 0.226. The van der Waals surface area contributed by atoms with Crippen LogP contribution in [0, 0.1) is 18.3 Å². The lowest BCUT2D eigenvalue weighted by atomic mass is 9.81. The highest BCUT2D eigenvalue weighted by Crippen LogP contribution is 2.34. The van der Waals surface area contributed by atoms with E-state index in [1.54, 1.807) is 0 Å². The van der Waals surface area contributed by atoms with Gasteiger partial charge in [0.15, 0.2) is 0 Å². The predicted octanol–water partition coefficient (Wildman–Crippen LogP) is 2.93. The largest absolute Gasteiger partial charge is 0.377 e. The Morgan fingerprint density at radius 2 is 2.21 bits per heavy atom. The van der Waals surface area contributed by atoms with E-state index in [0.717, 1.165) is 31.8 Å². The van der Waals surface area contributed by atoms with E-state index >= 15 is 0 Å². The molecule has 2 atom stereocenters. The Morgan fingerprint density at radius 1 is 1.42 bits per heavy atom. The zero-order valence-corrected chi connectivity index (χ0v) is 12.6. The molecule has 19 heavy (non-hydrogen) atoms. The van der Waals surface area contributed by atoms with Gasteiger partial charge in [-0.25, -0.2) is 0 Å². The van der Waals surface area contributed by atoms with E-state index in [9.17, 15) is 0 Å². The van der Waals surface area contributed by atoms with E-state index in [2.05, 4.69) is 44.1 Å². The molecule has 1 fully saturated rings. The third-order valence-corrected chi connectivity index (χ3v) is 3.88. The van der Waals surface area contributed by atoms with E-state index < -0.39 is 0 Å². The first-order valence-electron chi connectivity index (χ1n) is 7.21. The summed E-state index contributed by atoms with van der Waals surface area (Å²) in [5.41, 5.74) is 2.63. The monoisotopic (exact) mass is 262 g/mol. The SMILES string of the molecule is Cc1cccnc1CNC[C@H]1CCO[C@@H]1C(C)(C)C. The first-order chi connectivity index (χ1) is 8.98. The van der Waals surface area contributed by atoms with Gasteiger partial charge in [0.05, 0.1) is 11.8 Å². The summed E-state index contributed by atoms with van der Waals surface area (Å²) < 4.78 is 5.90. The van der Waals surface area contributed by atoms with Crippen molar-refractivity contribution >= 4 is 0 Å². The minimum absolute atomic E-state index is 0.226. The van der Waals surface area contributed by atoms with Gasteiger partial charge in [0.1, 0.15) is 0 Å². The summed E-state index contributed by atoms with van der Waals surface area (Å²) in [5.74, 6) is 0.615. The Hall–Kier alpha value is -0.930. The molecule has 0 unspecified atom stereocenters. The number of rotatable bonds is 4. The molecule has 0 radical (unpaired) electrons. The van der Waals surface area contributed by atoms with Crippen molar-refractivity contribution in [3.05, 3.63) is 29.6 Å². The van der Waals surface area contributed by atoms with Crippen LogP contribution < -0.4 is 5.32 Å². The van der Waals surface area contributed by atoms with E-state index in [0.29, 0.717) is 12.0 Å². The molecular formula is C16H26N2O. The predicted molar refractivity (Wildman–Crippen MR) is 78.0 cm³/mol. The van der Waals surface area contributed by atoms with Crippen LogP contribution in [0.15, 0.2) is 18.3 Å². The molecule has 3 heteroatoms. The number of hydrogen-bond acceptors (Lipinski definition) is 3. The molecule has 1 aliphatic rings. The maximum Gasteiger partial charge on any atom is 0.0664 e. The van der Waals surface area contributed by atoms with Crippen molar-refractivity contribution in [2.75, 3.05) is 13.2 Å². The van der Waals surface area contributed by atoms with E-state index in [1.807, 2.05) is 12.3 Å². The molecule has 0 saturated carbocycles. The Kier molecular flexibility index (Phi) is 4.58. The summed E-state index contributed by atoms with van der Waals surface area (Å²) in [5, 5.41) is 3.54. The number of aromatic nitrogens is 1. The molecular weight excluding hydrogens is 236 g/mol. The van der Waals surface area contributed by atoms with Gasteiger partial charge in [-0.15, -0.1) is 0 Å².